The summed E-state index contributed by atoms with van der Waals surface area (Å²) in [6.07, 6.45) is 0.897. The van der Waals surface area contributed by atoms with E-state index in [0.717, 1.165) is 18.5 Å². The van der Waals surface area contributed by atoms with E-state index in [-0.39, 0.29) is 18.6 Å². The minimum absolute atomic E-state index is 0.00378. The summed E-state index contributed by atoms with van der Waals surface area (Å²) in [6, 6.07) is 5.63. The first-order valence-electron chi connectivity index (χ1n) is 6.98. The van der Waals surface area contributed by atoms with Crippen LogP contribution in [0.3, 0.4) is 0 Å². The fourth-order valence-electron chi connectivity index (χ4n) is 1.66. The van der Waals surface area contributed by atoms with Gasteiger partial charge in [0.1, 0.15) is 5.75 Å². The first-order valence-corrected chi connectivity index (χ1v) is 7.36. The minimum atomic E-state index is -0.117. The van der Waals surface area contributed by atoms with E-state index in [1.54, 1.807) is 0 Å². The summed E-state index contributed by atoms with van der Waals surface area (Å²) >= 11 is 6.17. The van der Waals surface area contributed by atoms with Gasteiger partial charge in [0.2, 0.25) is 0 Å². The average molecular weight is 299 g/mol. The highest BCUT2D eigenvalue weighted by Crippen LogP contribution is 2.26. The molecule has 1 aromatic carbocycles. The van der Waals surface area contributed by atoms with Gasteiger partial charge in [0.15, 0.2) is 6.61 Å². The Balaban J connectivity index is 2.63. The van der Waals surface area contributed by atoms with Crippen molar-refractivity contribution in [1.29, 1.82) is 0 Å². The predicted octanol–water partition coefficient (Wildman–Crippen LogP) is 2.74. The molecule has 1 amide bonds. The Hall–Kier alpha value is -1.26. The van der Waals surface area contributed by atoms with Crippen LogP contribution in [0.15, 0.2) is 18.2 Å². The summed E-state index contributed by atoms with van der Waals surface area (Å²) in [4.78, 5) is 11.7. The van der Waals surface area contributed by atoms with Gasteiger partial charge < -0.3 is 15.4 Å². The Morgan fingerprint density at radius 2 is 2.15 bits per heavy atom. The average Bonchev–Trinajstić information content (AvgIpc) is 2.44. The second-order valence-corrected chi connectivity index (χ2v) is 5.07. The minimum Gasteiger partial charge on any atom is -0.483 e. The van der Waals surface area contributed by atoms with Crippen molar-refractivity contribution in [3.8, 4) is 5.75 Å². The highest BCUT2D eigenvalue weighted by molar-refractivity contribution is 6.31. The number of ether oxygens (including phenoxy) is 1. The van der Waals surface area contributed by atoms with E-state index in [0.29, 0.717) is 17.3 Å². The molecule has 20 heavy (non-hydrogen) atoms. The lowest BCUT2D eigenvalue weighted by atomic mass is 10.2. The zero-order chi connectivity index (χ0) is 15.0. The Bertz CT molecular complexity index is 438. The summed E-state index contributed by atoms with van der Waals surface area (Å²) in [5, 5.41) is 6.72. The zero-order valence-electron chi connectivity index (χ0n) is 12.3. The molecule has 0 fully saturated rings. The quantitative estimate of drug-likeness (QED) is 0.776. The van der Waals surface area contributed by atoms with E-state index in [1.807, 2.05) is 39.0 Å². The number of hydrogen-bond donors (Lipinski definition) is 2. The van der Waals surface area contributed by atoms with Crippen LogP contribution in [0.4, 0.5) is 0 Å². The fourth-order valence-corrected chi connectivity index (χ4v) is 1.89. The Morgan fingerprint density at radius 3 is 2.80 bits per heavy atom. The van der Waals surface area contributed by atoms with E-state index in [1.165, 1.54) is 0 Å². The first kappa shape index (κ1) is 16.8. The maximum atomic E-state index is 11.7. The second-order valence-electron chi connectivity index (χ2n) is 4.66. The molecular weight excluding hydrogens is 276 g/mol. The highest BCUT2D eigenvalue weighted by Gasteiger charge is 2.11. The number of benzene rings is 1. The third-order valence-electron chi connectivity index (χ3n) is 3.01. The van der Waals surface area contributed by atoms with Gasteiger partial charge in [0.05, 0.1) is 0 Å². The van der Waals surface area contributed by atoms with Crippen LogP contribution in [0.2, 0.25) is 5.02 Å². The third-order valence-corrected chi connectivity index (χ3v) is 3.36. The summed E-state index contributed by atoms with van der Waals surface area (Å²) in [5.74, 6) is 0.534. The topological polar surface area (TPSA) is 50.4 Å². The Labute approximate surface area is 125 Å². The number of rotatable bonds is 8. The summed E-state index contributed by atoms with van der Waals surface area (Å²) in [5.41, 5.74) is 0.882. The monoisotopic (exact) mass is 298 g/mol. The van der Waals surface area contributed by atoms with Gasteiger partial charge in [-0.05, 0) is 32.0 Å². The van der Waals surface area contributed by atoms with Crippen molar-refractivity contribution in [2.24, 2.45) is 0 Å². The van der Waals surface area contributed by atoms with Crippen molar-refractivity contribution < 1.29 is 9.53 Å². The molecule has 1 unspecified atom stereocenters. The predicted molar refractivity (Wildman–Crippen MR) is 82.2 cm³/mol. The molecule has 1 rings (SSSR count). The molecule has 0 saturated carbocycles. The molecule has 112 valence electrons. The second kappa shape index (κ2) is 8.82. The number of carbonyl (C=O) groups is 1. The molecule has 0 heterocycles. The fraction of sp³-hybridized carbons (Fsp3) is 0.533. The smallest absolute Gasteiger partial charge is 0.258 e. The van der Waals surface area contributed by atoms with Gasteiger partial charge in [0.25, 0.3) is 5.91 Å². The molecule has 1 aromatic rings. The van der Waals surface area contributed by atoms with Crippen LogP contribution >= 0.6 is 11.6 Å². The molecule has 0 aliphatic carbocycles. The lowest BCUT2D eigenvalue weighted by Crippen LogP contribution is -2.35. The van der Waals surface area contributed by atoms with Crippen LogP contribution in [0.1, 0.15) is 32.8 Å². The highest BCUT2D eigenvalue weighted by atomic mass is 35.5. The van der Waals surface area contributed by atoms with Gasteiger partial charge >= 0.3 is 0 Å². The molecule has 0 saturated heterocycles. The van der Waals surface area contributed by atoms with E-state index in [2.05, 4.69) is 10.6 Å². The van der Waals surface area contributed by atoms with Gasteiger partial charge in [-0.2, -0.15) is 0 Å². The lowest BCUT2D eigenvalue weighted by molar-refractivity contribution is -0.123. The molecule has 0 aromatic heterocycles. The summed E-state index contributed by atoms with van der Waals surface area (Å²) in [6.45, 7) is 7.49. The number of hydrogen-bond acceptors (Lipinski definition) is 3. The maximum absolute atomic E-state index is 11.7. The molecule has 1 atom stereocenters. The number of halogens is 1. The van der Waals surface area contributed by atoms with Gasteiger partial charge in [-0.3, -0.25) is 4.79 Å². The van der Waals surface area contributed by atoms with E-state index in [4.69, 9.17) is 16.3 Å². The molecule has 0 radical (unpaired) electrons. The van der Waals surface area contributed by atoms with Crippen LogP contribution in [0.5, 0.6) is 5.75 Å². The molecule has 0 aliphatic heterocycles. The summed E-state index contributed by atoms with van der Waals surface area (Å²) in [7, 11) is 0. The Morgan fingerprint density at radius 1 is 1.40 bits per heavy atom. The van der Waals surface area contributed by atoms with Gasteiger partial charge in [-0.25, -0.2) is 0 Å². The molecule has 0 bridgehead atoms. The summed E-state index contributed by atoms with van der Waals surface area (Å²) < 4.78 is 5.59. The van der Waals surface area contributed by atoms with Crippen molar-refractivity contribution in [2.75, 3.05) is 13.2 Å². The van der Waals surface area contributed by atoms with Gasteiger partial charge in [-0.15, -0.1) is 0 Å². The van der Waals surface area contributed by atoms with Crippen molar-refractivity contribution in [3.05, 3.63) is 28.8 Å². The standard InChI is InChI=1S/C15H23ClN2O2/c1-4-11(3)18-15(19)10-20-14-8-6-7-13(16)12(14)9-17-5-2/h6-8,11,17H,4-5,9-10H2,1-3H3,(H,18,19). The van der Waals surface area contributed by atoms with Crippen LogP contribution in [0.25, 0.3) is 0 Å². The number of nitrogens with one attached hydrogen (secondary N) is 2. The van der Waals surface area contributed by atoms with Gasteiger partial charge in [0, 0.05) is 23.2 Å². The van der Waals surface area contributed by atoms with Crippen molar-refractivity contribution >= 4 is 17.5 Å². The van der Waals surface area contributed by atoms with Crippen LogP contribution in [0, 0.1) is 0 Å². The maximum Gasteiger partial charge on any atom is 0.258 e. The molecular formula is C15H23ClN2O2. The molecule has 0 aliphatic rings. The first-order chi connectivity index (χ1) is 9.58. The van der Waals surface area contributed by atoms with Gasteiger partial charge in [-0.1, -0.05) is 31.5 Å². The van der Waals surface area contributed by atoms with Crippen LogP contribution in [-0.2, 0) is 11.3 Å². The van der Waals surface area contributed by atoms with Crippen molar-refractivity contribution in [1.82, 2.24) is 10.6 Å². The zero-order valence-corrected chi connectivity index (χ0v) is 13.1. The van der Waals surface area contributed by atoms with E-state index in [9.17, 15) is 4.79 Å². The van der Waals surface area contributed by atoms with E-state index >= 15 is 0 Å². The van der Waals surface area contributed by atoms with Crippen LogP contribution < -0.4 is 15.4 Å². The normalized spacial score (nSPS) is 12.0. The lowest BCUT2D eigenvalue weighted by Gasteiger charge is -2.15. The number of carbonyl (C=O) groups excluding carboxylic acids is 1. The largest absolute Gasteiger partial charge is 0.483 e. The van der Waals surface area contributed by atoms with Crippen molar-refractivity contribution in [3.63, 3.8) is 0 Å². The van der Waals surface area contributed by atoms with Crippen LogP contribution in [-0.4, -0.2) is 25.1 Å². The molecule has 5 heteroatoms. The molecule has 4 nitrogen and oxygen atoms in total. The molecule has 2 N–H and O–H groups in total. The SMILES string of the molecule is CCNCc1c(Cl)cccc1OCC(=O)NC(C)CC. The van der Waals surface area contributed by atoms with Crippen molar-refractivity contribution in [2.45, 2.75) is 39.8 Å². The number of amides is 1. The Kier molecular flexibility index (Phi) is 7.41. The third kappa shape index (κ3) is 5.39. The van der Waals surface area contributed by atoms with E-state index < -0.39 is 0 Å². The molecule has 0 spiro atoms.